The van der Waals surface area contributed by atoms with E-state index in [1.54, 1.807) is 61.2 Å². The summed E-state index contributed by atoms with van der Waals surface area (Å²) in [5, 5.41) is 2.92. The Morgan fingerprint density at radius 2 is 1.72 bits per heavy atom. The second-order valence-electron chi connectivity index (χ2n) is 8.16. The summed E-state index contributed by atoms with van der Waals surface area (Å²) < 4.78 is 39.7. The maximum atomic E-state index is 13.9. The van der Waals surface area contributed by atoms with Crippen molar-refractivity contribution in [2.75, 3.05) is 30.8 Å². The lowest BCUT2D eigenvalue weighted by molar-refractivity contribution is -0.120. The summed E-state index contributed by atoms with van der Waals surface area (Å²) in [5.41, 5.74) is 2.03. The van der Waals surface area contributed by atoms with E-state index in [0.717, 1.165) is 20.3 Å². The molecule has 0 aromatic heterocycles. The van der Waals surface area contributed by atoms with E-state index in [1.165, 1.54) is 7.11 Å². The van der Waals surface area contributed by atoms with Crippen molar-refractivity contribution in [2.45, 2.75) is 36.6 Å². The number of carbonyl (C=O) groups is 1. The zero-order valence-electron chi connectivity index (χ0n) is 21.1. The quantitative estimate of drug-likeness (QED) is 0.345. The van der Waals surface area contributed by atoms with Gasteiger partial charge < -0.3 is 14.8 Å². The van der Waals surface area contributed by atoms with E-state index in [-0.39, 0.29) is 16.7 Å². The van der Waals surface area contributed by atoms with Crippen LogP contribution in [0.15, 0.2) is 76.5 Å². The Morgan fingerprint density at radius 1 is 1.06 bits per heavy atom. The molecule has 3 aromatic carbocycles. The van der Waals surface area contributed by atoms with E-state index in [4.69, 9.17) is 9.47 Å². The molecule has 0 saturated heterocycles. The van der Waals surface area contributed by atoms with Gasteiger partial charge in [-0.15, -0.1) is 11.8 Å². The van der Waals surface area contributed by atoms with Gasteiger partial charge in [-0.25, -0.2) is 8.42 Å². The molecule has 0 aliphatic carbocycles. The Bertz CT molecular complexity index is 1280. The van der Waals surface area contributed by atoms with Crippen molar-refractivity contribution in [3.05, 3.63) is 77.9 Å². The number of benzene rings is 3. The molecule has 1 N–H and O–H groups in total. The minimum atomic E-state index is -4.15. The molecule has 0 fully saturated rings. The largest absolute Gasteiger partial charge is 0.495 e. The topological polar surface area (TPSA) is 84.9 Å². The lowest BCUT2D eigenvalue weighted by Gasteiger charge is -2.26. The lowest BCUT2D eigenvalue weighted by atomic mass is 10.1. The van der Waals surface area contributed by atoms with Crippen LogP contribution in [0.2, 0.25) is 0 Å². The average Bonchev–Trinajstić information content (AvgIpc) is 2.88. The number of hydrogen-bond acceptors (Lipinski definition) is 6. The number of amides is 1. The van der Waals surface area contributed by atoms with Gasteiger partial charge in [0.05, 0.1) is 25.4 Å². The van der Waals surface area contributed by atoms with Gasteiger partial charge in [0.15, 0.2) is 0 Å². The van der Waals surface area contributed by atoms with Gasteiger partial charge in [0.2, 0.25) is 5.91 Å². The number of carbonyl (C=O) groups excluding carboxylic acids is 1. The molecule has 9 heteroatoms. The molecule has 0 aliphatic heterocycles. The highest BCUT2D eigenvalue weighted by Gasteiger charge is 2.30. The number of sulfonamides is 1. The van der Waals surface area contributed by atoms with Crippen LogP contribution in [0.25, 0.3) is 0 Å². The molecule has 0 unspecified atom stereocenters. The summed E-state index contributed by atoms with van der Waals surface area (Å²) in [7, 11) is -2.73. The molecule has 0 spiro atoms. The van der Waals surface area contributed by atoms with Crippen LogP contribution in [0, 0.1) is 6.92 Å². The molecule has 0 aliphatic rings. The van der Waals surface area contributed by atoms with Crippen LogP contribution >= 0.6 is 11.8 Å². The molecule has 0 saturated carbocycles. The van der Waals surface area contributed by atoms with Gasteiger partial charge in [0.25, 0.3) is 10.0 Å². The Balaban J connectivity index is 1.94. The molecule has 0 heterocycles. The van der Waals surface area contributed by atoms with Crippen molar-refractivity contribution >= 4 is 33.4 Å². The Kier molecular flexibility index (Phi) is 9.28. The third kappa shape index (κ3) is 6.53. The van der Waals surface area contributed by atoms with Crippen molar-refractivity contribution in [2.24, 2.45) is 0 Å². The van der Waals surface area contributed by atoms with Crippen molar-refractivity contribution in [1.29, 1.82) is 0 Å². The fourth-order valence-corrected chi connectivity index (χ4v) is 5.76. The van der Waals surface area contributed by atoms with Crippen molar-refractivity contribution in [1.82, 2.24) is 5.32 Å². The number of aryl methyl sites for hydroxylation is 1. The predicted molar refractivity (Wildman–Crippen MR) is 145 cm³/mol. The number of rotatable bonds is 11. The second-order valence-corrected chi connectivity index (χ2v) is 10.9. The molecule has 1 amide bonds. The number of ether oxygens (including phenoxy) is 2. The van der Waals surface area contributed by atoms with E-state index in [1.807, 2.05) is 44.4 Å². The third-order valence-electron chi connectivity index (χ3n) is 5.60. The number of nitrogens with one attached hydrogen (secondary N) is 1. The van der Waals surface area contributed by atoms with Gasteiger partial charge in [-0.2, -0.15) is 0 Å². The van der Waals surface area contributed by atoms with Crippen molar-refractivity contribution in [3.63, 3.8) is 0 Å². The molecule has 1 atom stereocenters. The number of nitrogens with zero attached hydrogens (tertiary/aromatic N) is 1. The highest BCUT2D eigenvalue weighted by molar-refractivity contribution is 7.98. The van der Waals surface area contributed by atoms with Gasteiger partial charge >= 0.3 is 0 Å². The fourth-order valence-electron chi connectivity index (χ4n) is 3.69. The minimum absolute atomic E-state index is 0.00705. The molecule has 0 bridgehead atoms. The molecule has 36 heavy (non-hydrogen) atoms. The first kappa shape index (κ1) is 27.4. The van der Waals surface area contributed by atoms with Crippen LogP contribution in [0.4, 0.5) is 5.69 Å². The number of thioether (sulfide) groups is 1. The Hall–Kier alpha value is -3.17. The van der Waals surface area contributed by atoms with E-state index in [0.29, 0.717) is 18.0 Å². The van der Waals surface area contributed by atoms with E-state index in [2.05, 4.69) is 5.32 Å². The first-order valence-electron chi connectivity index (χ1n) is 11.5. The zero-order valence-corrected chi connectivity index (χ0v) is 22.8. The zero-order chi connectivity index (χ0) is 26.3. The van der Waals surface area contributed by atoms with Crippen molar-refractivity contribution in [3.8, 4) is 11.5 Å². The first-order valence-corrected chi connectivity index (χ1v) is 14.2. The molecular formula is C27H32N2O5S2. The van der Waals surface area contributed by atoms with Crippen LogP contribution < -0.4 is 19.1 Å². The Morgan fingerprint density at radius 3 is 2.31 bits per heavy atom. The summed E-state index contributed by atoms with van der Waals surface area (Å²) in [6.45, 7) is 5.62. The van der Waals surface area contributed by atoms with Crippen LogP contribution in [0.5, 0.6) is 11.5 Å². The SMILES string of the molecule is CCOc1ccc(N(CC(=O)N[C@H](C)c2ccc(SC)cc2)S(=O)(=O)c2cc(C)ccc2OC)cc1. The second kappa shape index (κ2) is 12.2. The monoisotopic (exact) mass is 528 g/mol. The smallest absolute Gasteiger partial charge is 0.268 e. The summed E-state index contributed by atoms with van der Waals surface area (Å²) in [4.78, 5) is 14.2. The third-order valence-corrected chi connectivity index (χ3v) is 8.14. The van der Waals surface area contributed by atoms with Gasteiger partial charge in [-0.3, -0.25) is 9.10 Å². The van der Waals surface area contributed by atoms with Gasteiger partial charge in [-0.1, -0.05) is 18.2 Å². The standard InChI is InChI=1S/C27H32N2O5S2/c1-6-34-23-12-10-22(11-13-23)29(36(31,32)26-17-19(2)7-16-25(26)33-4)18-27(30)28-20(3)21-8-14-24(35-5)15-9-21/h7-17,20H,6,18H2,1-5H3,(H,28,30)/t20-/m1/s1. The maximum Gasteiger partial charge on any atom is 0.268 e. The van der Waals surface area contributed by atoms with E-state index < -0.39 is 22.5 Å². The van der Waals surface area contributed by atoms with Crippen molar-refractivity contribution < 1.29 is 22.7 Å². The molecule has 192 valence electrons. The normalized spacial score (nSPS) is 12.0. The van der Waals surface area contributed by atoms with Crippen LogP contribution in [-0.4, -0.2) is 40.8 Å². The number of anilines is 1. The number of methoxy groups -OCH3 is 1. The highest BCUT2D eigenvalue weighted by Crippen LogP contribution is 2.31. The maximum absolute atomic E-state index is 13.9. The summed E-state index contributed by atoms with van der Waals surface area (Å²) >= 11 is 1.64. The van der Waals surface area contributed by atoms with E-state index in [9.17, 15) is 13.2 Å². The molecule has 0 radical (unpaired) electrons. The number of hydrogen-bond donors (Lipinski definition) is 1. The fraction of sp³-hybridized carbons (Fsp3) is 0.296. The van der Waals surface area contributed by atoms with Gasteiger partial charge in [-0.05, 0) is 86.7 Å². The Labute approximate surface area is 217 Å². The molecular weight excluding hydrogens is 496 g/mol. The van der Waals surface area contributed by atoms with Gasteiger partial charge in [0, 0.05) is 4.90 Å². The molecule has 7 nitrogen and oxygen atoms in total. The van der Waals surface area contributed by atoms with Crippen LogP contribution in [-0.2, 0) is 14.8 Å². The minimum Gasteiger partial charge on any atom is -0.495 e. The average molecular weight is 529 g/mol. The summed E-state index contributed by atoms with van der Waals surface area (Å²) in [6.07, 6.45) is 2.00. The lowest BCUT2D eigenvalue weighted by Crippen LogP contribution is -2.41. The van der Waals surface area contributed by atoms with E-state index >= 15 is 0 Å². The summed E-state index contributed by atoms with van der Waals surface area (Å²) in [5.74, 6) is 0.387. The molecule has 3 rings (SSSR count). The summed E-state index contributed by atoms with van der Waals surface area (Å²) in [6, 6.07) is 19.1. The predicted octanol–water partition coefficient (Wildman–Crippen LogP) is 5.20. The molecule has 3 aromatic rings. The van der Waals surface area contributed by atoms with Crippen LogP contribution in [0.1, 0.15) is 31.0 Å². The highest BCUT2D eigenvalue weighted by atomic mass is 32.2. The first-order chi connectivity index (χ1) is 17.2. The van der Waals surface area contributed by atoms with Crippen LogP contribution in [0.3, 0.4) is 0 Å². The van der Waals surface area contributed by atoms with Gasteiger partial charge in [0.1, 0.15) is 22.9 Å².